The van der Waals surface area contributed by atoms with Gasteiger partial charge < -0.3 is 10.6 Å². The molecule has 20 heavy (non-hydrogen) atoms. The van der Waals surface area contributed by atoms with E-state index in [-0.39, 0.29) is 5.84 Å². The lowest BCUT2D eigenvalue weighted by atomic mass is 10.1. The zero-order valence-electron chi connectivity index (χ0n) is 12.1. The second kappa shape index (κ2) is 6.24. The van der Waals surface area contributed by atoms with Crippen LogP contribution in [-0.4, -0.2) is 19.4 Å². The third kappa shape index (κ3) is 3.38. The summed E-state index contributed by atoms with van der Waals surface area (Å²) in [4.78, 5) is 2.16. The van der Waals surface area contributed by atoms with Crippen molar-refractivity contribution in [3.05, 3.63) is 65.2 Å². The zero-order chi connectivity index (χ0) is 14.5. The monoisotopic (exact) mass is 267 g/mol. The van der Waals surface area contributed by atoms with Crippen molar-refractivity contribution in [1.82, 2.24) is 0 Å². The molecule has 0 radical (unpaired) electrons. The number of nitrogens with two attached hydrogens (primary N) is 1. The van der Waals surface area contributed by atoms with Crippen LogP contribution in [0.25, 0.3) is 0 Å². The number of likely N-dealkylation sites (N-methyl/N-ethyl adjacent to an activating group) is 1. The van der Waals surface area contributed by atoms with Gasteiger partial charge in [0.1, 0.15) is 5.84 Å². The molecular weight excluding hydrogens is 246 g/mol. The van der Waals surface area contributed by atoms with E-state index in [4.69, 9.17) is 11.1 Å². The van der Waals surface area contributed by atoms with Gasteiger partial charge in [-0.1, -0.05) is 42.0 Å². The Morgan fingerprint density at radius 1 is 1.15 bits per heavy atom. The number of rotatable bonds is 5. The van der Waals surface area contributed by atoms with Crippen molar-refractivity contribution >= 4 is 11.5 Å². The van der Waals surface area contributed by atoms with Crippen LogP contribution in [-0.2, 0) is 6.42 Å². The fourth-order valence-electron chi connectivity index (χ4n) is 2.26. The van der Waals surface area contributed by atoms with E-state index in [2.05, 4.69) is 35.2 Å². The Labute approximate surface area is 120 Å². The molecular formula is C17H21N3. The first kappa shape index (κ1) is 14.1. The number of nitrogen functional groups attached to an aromatic ring is 1. The Morgan fingerprint density at radius 2 is 1.85 bits per heavy atom. The largest absolute Gasteiger partial charge is 0.384 e. The van der Waals surface area contributed by atoms with Crippen LogP contribution in [0.2, 0.25) is 0 Å². The van der Waals surface area contributed by atoms with Crippen molar-refractivity contribution in [3.63, 3.8) is 0 Å². The molecule has 0 saturated carbocycles. The van der Waals surface area contributed by atoms with Crippen LogP contribution in [0.4, 0.5) is 5.69 Å². The normalized spacial score (nSPS) is 10.3. The van der Waals surface area contributed by atoms with Crippen LogP contribution >= 0.6 is 0 Å². The molecule has 0 spiro atoms. The maximum atomic E-state index is 7.71. The standard InChI is InChI=1S/C17H21N3/c1-13-8-9-16(15(12-13)17(18)19)20(2)11-10-14-6-4-3-5-7-14/h3-9,12H,10-11H2,1-2H3,(H3,18,19). The third-order valence-electron chi connectivity index (χ3n) is 3.43. The van der Waals surface area contributed by atoms with E-state index in [1.165, 1.54) is 5.56 Å². The Bertz CT molecular complexity index is 590. The molecule has 3 nitrogen and oxygen atoms in total. The van der Waals surface area contributed by atoms with Gasteiger partial charge in [-0.25, -0.2) is 0 Å². The van der Waals surface area contributed by atoms with Crippen molar-refractivity contribution in [2.24, 2.45) is 5.73 Å². The van der Waals surface area contributed by atoms with Gasteiger partial charge >= 0.3 is 0 Å². The molecule has 3 N–H and O–H groups in total. The van der Waals surface area contributed by atoms with Crippen molar-refractivity contribution < 1.29 is 0 Å². The first-order chi connectivity index (χ1) is 9.58. The lowest BCUT2D eigenvalue weighted by Gasteiger charge is -2.22. The molecule has 0 saturated heterocycles. The average Bonchev–Trinajstić information content (AvgIpc) is 2.45. The predicted octanol–water partition coefficient (Wildman–Crippen LogP) is 2.96. The van der Waals surface area contributed by atoms with Crippen LogP contribution in [0.5, 0.6) is 0 Å². The van der Waals surface area contributed by atoms with E-state index in [9.17, 15) is 0 Å². The molecule has 0 aromatic heterocycles. The van der Waals surface area contributed by atoms with E-state index in [0.717, 1.165) is 29.8 Å². The topological polar surface area (TPSA) is 53.1 Å². The number of nitrogens with one attached hydrogen (secondary N) is 1. The number of hydrogen-bond acceptors (Lipinski definition) is 2. The van der Waals surface area contributed by atoms with Gasteiger partial charge in [-0.2, -0.15) is 0 Å². The molecule has 0 heterocycles. The summed E-state index contributed by atoms with van der Waals surface area (Å²) >= 11 is 0. The van der Waals surface area contributed by atoms with Crippen molar-refractivity contribution in [2.75, 3.05) is 18.5 Å². The van der Waals surface area contributed by atoms with Crippen molar-refractivity contribution in [1.29, 1.82) is 5.41 Å². The number of nitrogens with zero attached hydrogens (tertiary/aromatic N) is 1. The minimum Gasteiger partial charge on any atom is -0.384 e. The Kier molecular flexibility index (Phi) is 4.41. The maximum absolute atomic E-state index is 7.71. The lowest BCUT2D eigenvalue weighted by molar-refractivity contribution is 0.875. The summed E-state index contributed by atoms with van der Waals surface area (Å²) < 4.78 is 0. The first-order valence-corrected chi connectivity index (χ1v) is 6.78. The molecule has 0 aliphatic carbocycles. The molecule has 2 aromatic rings. The minimum atomic E-state index is 0.121. The molecule has 0 atom stereocenters. The Morgan fingerprint density at radius 3 is 2.50 bits per heavy atom. The van der Waals surface area contributed by atoms with Crippen molar-refractivity contribution in [2.45, 2.75) is 13.3 Å². The fraction of sp³-hybridized carbons (Fsp3) is 0.235. The second-order valence-corrected chi connectivity index (χ2v) is 5.09. The maximum Gasteiger partial charge on any atom is 0.124 e. The van der Waals surface area contributed by atoms with Crippen LogP contribution in [0, 0.1) is 12.3 Å². The van der Waals surface area contributed by atoms with Gasteiger partial charge in [-0.15, -0.1) is 0 Å². The van der Waals surface area contributed by atoms with E-state index >= 15 is 0 Å². The van der Waals surface area contributed by atoms with E-state index < -0.39 is 0 Å². The molecule has 0 fully saturated rings. The molecule has 0 aliphatic rings. The van der Waals surface area contributed by atoms with Crippen LogP contribution < -0.4 is 10.6 Å². The average molecular weight is 267 g/mol. The second-order valence-electron chi connectivity index (χ2n) is 5.09. The van der Waals surface area contributed by atoms with E-state index in [1.807, 2.05) is 32.2 Å². The fourth-order valence-corrected chi connectivity index (χ4v) is 2.26. The predicted molar refractivity (Wildman–Crippen MR) is 85.6 cm³/mol. The first-order valence-electron chi connectivity index (χ1n) is 6.78. The molecule has 0 amide bonds. The van der Waals surface area contributed by atoms with Crippen molar-refractivity contribution in [3.8, 4) is 0 Å². The molecule has 2 rings (SSSR count). The molecule has 0 aliphatic heterocycles. The smallest absolute Gasteiger partial charge is 0.124 e. The van der Waals surface area contributed by atoms with Crippen LogP contribution in [0.3, 0.4) is 0 Å². The Hall–Kier alpha value is -2.29. The summed E-state index contributed by atoms with van der Waals surface area (Å²) in [6.45, 7) is 2.91. The van der Waals surface area contributed by atoms with Gasteiger partial charge in [0.2, 0.25) is 0 Å². The molecule has 104 valence electrons. The van der Waals surface area contributed by atoms with E-state index in [0.29, 0.717) is 0 Å². The van der Waals surface area contributed by atoms with Gasteiger partial charge in [0.05, 0.1) is 0 Å². The number of amidine groups is 1. The summed E-state index contributed by atoms with van der Waals surface area (Å²) in [5, 5.41) is 7.71. The molecule has 2 aromatic carbocycles. The SMILES string of the molecule is Cc1ccc(N(C)CCc2ccccc2)c(C(=N)N)c1. The summed E-state index contributed by atoms with van der Waals surface area (Å²) in [5.41, 5.74) is 9.94. The van der Waals surface area contributed by atoms with Crippen LogP contribution in [0.15, 0.2) is 48.5 Å². The van der Waals surface area contributed by atoms with Gasteiger partial charge in [-0.3, -0.25) is 5.41 Å². The highest BCUT2D eigenvalue weighted by atomic mass is 15.1. The summed E-state index contributed by atoms with van der Waals surface area (Å²) in [6.07, 6.45) is 0.975. The quantitative estimate of drug-likeness (QED) is 0.646. The molecule has 0 unspecified atom stereocenters. The van der Waals surface area contributed by atoms with Gasteiger partial charge in [-0.05, 0) is 31.0 Å². The van der Waals surface area contributed by atoms with Gasteiger partial charge in [0, 0.05) is 24.8 Å². The zero-order valence-corrected chi connectivity index (χ0v) is 12.1. The highest BCUT2D eigenvalue weighted by Gasteiger charge is 2.10. The summed E-state index contributed by atoms with van der Waals surface area (Å²) in [7, 11) is 2.04. The summed E-state index contributed by atoms with van der Waals surface area (Å²) in [6, 6.07) is 16.5. The highest BCUT2D eigenvalue weighted by molar-refractivity contribution is 6.00. The number of anilines is 1. The molecule has 0 bridgehead atoms. The van der Waals surface area contributed by atoms with Crippen LogP contribution in [0.1, 0.15) is 16.7 Å². The van der Waals surface area contributed by atoms with Gasteiger partial charge in [0.15, 0.2) is 0 Å². The third-order valence-corrected chi connectivity index (χ3v) is 3.43. The van der Waals surface area contributed by atoms with E-state index in [1.54, 1.807) is 0 Å². The molecule has 3 heteroatoms. The highest BCUT2D eigenvalue weighted by Crippen LogP contribution is 2.21. The number of hydrogen-bond donors (Lipinski definition) is 2. The number of benzene rings is 2. The minimum absolute atomic E-state index is 0.121. The lowest BCUT2D eigenvalue weighted by Crippen LogP contribution is -2.24. The Balaban J connectivity index is 2.13. The number of aryl methyl sites for hydroxylation is 1. The van der Waals surface area contributed by atoms with Gasteiger partial charge in [0.25, 0.3) is 0 Å². The summed E-state index contributed by atoms with van der Waals surface area (Å²) in [5.74, 6) is 0.121.